The largest absolute Gasteiger partial charge is 0.493 e. The van der Waals surface area contributed by atoms with Gasteiger partial charge in [-0.2, -0.15) is 13.2 Å². The highest BCUT2D eigenvalue weighted by Crippen LogP contribution is 2.34. The predicted molar refractivity (Wildman–Crippen MR) is 107 cm³/mol. The Kier molecular flexibility index (Phi) is 5.64. The molecule has 0 amide bonds. The van der Waals surface area contributed by atoms with Gasteiger partial charge in [0.2, 0.25) is 0 Å². The van der Waals surface area contributed by atoms with E-state index in [2.05, 4.69) is 10.6 Å². The summed E-state index contributed by atoms with van der Waals surface area (Å²) in [4.78, 5) is 11.5. The first-order chi connectivity index (χ1) is 13.7. The lowest BCUT2D eigenvalue weighted by molar-refractivity contribution is -0.136. The Bertz CT molecular complexity index is 1130. The number of alkyl halides is 3. The van der Waals surface area contributed by atoms with Gasteiger partial charge in [0.05, 0.1) is 19.8 Å². The lowest BCUT2D eigenvalue weighted by atomic mass is 10.1. The van der Waals surface area contributed by atoms with E-state index in [9.17, 15) is 18.0 Å². The summed E-state index contributed by atoms with van der Waals surface area (Å²) in [6.07, 6.45) is -4.67. The molecule has 152 valence electrons. The minimum atomic E-state index is -4.67. The Balaban J connectivity index is 1.83. The predicted octanol–water partition coefficient (Wildman–Crippen LogP) is 4.64. The van der Waals surface area contributed by atoms with E-state index in [0.29, 0.717) is 28.9 Å². The van der Waals surface area contributed by atoms with Crippen LogP contribution in [0.5, 0.6) is 11.5 Å². The third-order valence-electron chi connectivity index (χ3n) is 3.95. The summed E-state index contributed by atoms with van der Waals surface area (Å²) in [6, 6.07) is 9.38. The van der Waals surface area contributed by atoms with Crippen LogP contribution in [0.4, 0.5) is 24.5 Å². The summed E-state index contributed by atoms with van der Waals surface area (Å²) in [5, 5.41) is 5.71. The molecule has 0 atom stereocenters. The van der Waals surface area contributed by atoms with Crippen molar-refractivity contribution in [3.05, 3.63) is 58.4 Å². The van der Waals surface area contributed by atoms with Gasteiger partial charge >= 0.3 is 11.8 Å². The summed E-state index contributed by atoms with van der Waals surface area (Å²) in [7, 11) is 3.01. The van der Waals surface area contributed by atoms with Gasteiger partial charge in [0.25, 0.3) is 0 Å². The maximum Gasteiger partial charge on any atom is 0.417 e. The van der Waals surface area contributed by atoms with Crippen LogP contribution in [-0.2, 0) is 6.18 Å². The monoisotopic (exact) mass is 424 g/mol. The molecule has 0 radical (unpaired) electrons. The Hall–Kier alpha value is -3.27. The lowest BCUT2D eigenvalue weighted by Gasteiger charge is -2.14. The van der Waals surface area contributed by atoms with Crippen molar-refractivity contribution in [1.29, 1.82) is 0 Å². The molecule has 0 unspecified atom stereocenters. The minimum absolute atomic E-state index is 0.172. The number of thiocarbonyl (C=S) groups is 1. The maximum absolute atomic E-state index is 13.1. The van der Waals surface area contributed by atoms with Crippen molar-refractivity contribution >= 4 is 39.7 Å². The number of benzene rings is 2. The Morgan fingerprint density at radius 3 is 2.21 bits per heavy atom. The van der Waals surface area contributed by atoms with Crippen molar-refractivity contribution in [1.82, 2.24) is 0 Å². The van der Waals surface area contributed by atoms with Gasteiger partial charge in [0.1, 0.15) is 5.58 Å². The number of methoxy groups -OCH3 is 2. The second-order valence-corrected chi connectivity index (χ2v) is 6.24. The zero-order valence-electron chi connectivity index (χ0n) is 15.2. The molecular weight excluding hydrogens is 409 g/mol. The van der Waals surface area contributed by atoms with E-state index in [0.717, 1.165) is 0 Å². The van der Waals surface area contributed by atoms with Crippen molar-refractivity contribution in [3.8, 4) is 11.5 Å². The van der Waals surface area contributed by atoms with Gasteiger partial charge in [-0.3, -0.25) is 0 Å². The molecule has 0 fully saturated rings. The van der Waals surface area contributed by atoms with Gasteiger partial charge in [0.15, 0.2) is 16.6 Å². The van der Waals surface area contributed by atoms with Crippen LogP contribution < -0.4 is 25.7 Å². The molecular formula is C19H15F3N2O4S. The number of nitrogens with one attached hydrogen (secondary N) is 2. The van der Waals surface area contributed by atoms with Crippen molar-refractivity contribution in [2.24, 2.45) is 0 Å². The average molecular weight is 424 g/mol. The van der Waals surface area contributed by atoms with Gasteiger partial charge in [-0.05, 0) is 36.5 Å². The summed E-state index contributed by atoms with van der Waals surface area (Å²) < 4.78 is 54.6. The minimum Gasteiger partial charge on any atom is -0.493 e. The summed E-state index contributed by atoms with van der Waals surface area (Å²) in [6.45, 7) is 0. The first kappa shape index (κ1) is 20.5. The van der Waals surface area contributed by atoms with Crippen molar-refractivity contribution in [2.75, 3.05) is 24.9 Å². The fourth-order valence-electron chi connectivity index (χ4n) is 2.68. The summed E-state index contributed by atoms with van der Waals surface area (Å²) in [5.41, 5.74) is -1.40. The Labute approximate surface area is 168 Å². The molecule has 0 saturated carbocycles. The average Bonchev–Trinajstić information content (AvgIpc) is 2.66. The number of anilines is 2. The molecule has 0 saturated heterocycles. The normalized spacial score (nSPS) is 11.2. The molecule has 0 aliphatic carbocycles. The molecule has 6 nitrogen and oxygen atoms in total. The Morgan fingerprint density at radius 1 is 0.966 bits per heavy atom. The quantitative estimate of drug-likeness (QED) is 0.467. The third kappa shape index (κ3) is 4.60. The summed E-state index contributed by atoms with van der Waals surface area (Å²) in [5.74, 6) is 1.04. The van der Waals surface area contributed by atoms with Gasteiger partial charge < -0.3 is 24.5 Å². The molecule has 1 heterocycles. The van der Waals surface area contributed by atoms with Crippen LogP contribution in [-0.4, -0.2) is 19.3 Å². The van der Waals surface area contributed by atoms with E-state index in [1.807, 2.05) is 0 Å². The van der Waals surface area contributed by atoms with Crippen LogP contribution >= 0.6 is 12.2 Å². The maximum atomic E-state index is 13.1. The lowest BCUT2D eigenvalue weighted by Crippen LogP contribution is -2.19. The van der Waals surface area contributed by atoms with Gasteiger partial charge in [-0.15, -0.1) is 0 Å². The number of ether oxygens (including phenoxy) is 2. The highest BCUT2D eigenvalue weighted by Gasteiger charge is 2.33. The fourth-order valence-corrected chi connectivity index (χ4v) is 2.92. The first-order valence-electron chi connectivity index (χ1n) is 8.16. The van der Waals surface area contributed by atoms with E-state index < -0.39 is 17.4 Å². The van der Waals surface area contributed by atoms with Gasteiger partial charge in [-0.25, -0.2) is 4.79 Å². The van der Waals surface area contributed by atoms with Gasteiger partial charge in [-0.1, -0.05) is 0 Å². The number of hydrogen-bond acceptors (Lipinski definition) is 5. The number of hydrogen-bond donors (Lipinski definition) is 2. The second kappa shape index (κ2) is 8.00. The molecule has 3 aromatic rings. The zero-order chi connectivity index (χ0) is 21.2. The molecule has 2 N–H and O–H groups in total. The topological polar surface area (TPSA) is 72.7 Å². The van der Waals surface area contributed by atoms with Crippen LogP contribution in [0.2, 0.25) is 0 Å². The molecule has 1 aromatic heterocycles. The smallest absolute Gasteiger partial charge is 0.417 e. The molecule has 0 bridgehead atoms. The SMILES string of the molecule is COc1ccc(NC(=S)Nc2ccc3c(C(F)(F)F)cc(=O)oc3c2)cc1OC. The van der Waals surface area contributed by atoms with Crippen LogP contribution in [0.25, 0.3) is 11.0 Å². The van der Waals surface area contributed by atoms with E-state index in [1.165, 1.54) is 32.4 Å². The number of rotatable bonds is 4. The standard InChI is InChI=1S/C19H15F3N2O4S/c1-26-14-6-4-11(8-16(14)27-2)24-18(29)23-10-3-5-12-13(19(20,21)22)9-17(25)28-15(12)7-10/h3-9H,1-2H3,(H2,23,24,29). The van der Waals surface area contributed by atoms with Crippen molar-refractivity contribution in [3.63, 3.8) is 0 Å². The van der Waals surface area contributed by atoms with Crippen LogP contribution in [0.15, 0.2) is 51.7 Å². The third-order valence-corrected chi connectivity index (χ3v) is 4.15. The van der Waals surface area contributed by atoms with Gasteiger partial charge in [0, 0.05) is 35.0 Å². The molecule has 29 heavy (non-hydrogen) atoms. The van der Waals surface area contributed by atoms with E-state index >= 15 is 0 Å². The molecule has 2 aromatic carbocycles. The first-order valence-corrected chi connectivity index (χ1v) is 8.57. The molecule has 3 rings (SSSR count). The molecule has 0 aliphatic rings. The van der Waals surface area contributed by atoms with E-state index in [1.54, 1.807) is 18.2 Å². The molecule has 10 heteroatoms. The number of halogens is 3. The van der Waals surface area contributed by atoms with E-state index in [-0.39, 0.29) is 16.1 Å². The summed E-state index contributed by atoms with van der Waals surface area (Å²) >= 11 is 5.23. The molecule has 0 spiro atoms. The highest BCUT2D eigenvalue weighted by molar-refractivity contribution is 7.80. The van der Waals surface area contributed by atoms with Crippen LogP contribution in [0, 0.1) is 0 Å². The van der Waals surface area contributed by atoms with Crippen molar-refractivity contribution in [2.45, 2.75) is 6.18 Å². The zero-order valence-corrected chi connectivity index (χ0v) is 16.0. The highest BCUT2D eigenvalue weighted by atomic mass is 32.1. The molecule has 0 aliphatic heterocycles. The van der Waals surface area contributed by atoms with Crippen molar-refractivity contribution < 1.29 is 27.1 Å². The second-order valence-electron chi connectivity index (χ2n) is 5.84. The van der Waals surface area contributed by atoms with E-state index in [4.69, 9.17) is 26.1 Å². The number of fused-ring (bicyclic) bond motifs is 1. The van der Waals surface area contributed by atoms with Crippen LogP contribution in [0.1, 0.15) is 5.56 Å². The Morgan fingerprint density at radius 2 is 1.59 bits per heavy atom. The fraction of sp³-hybridized carbons (Fsp3) is 0.158. The van der Waals surface area contributed by atoms with Crippen LogP contribution in [0.3, 0.4) is 0 Å².